The third kappa shape index (κ3) is 1.95. The quantitative estimate of drug-likeness (QED) is 0.717. The molecule has 0 saturated carbocycles. The van der Waals surface area contributed by atoms with Gasteiger partial charge in [-0.2, -0.15) is 0 Å². The number of carboxylic acid groups (broad SMARTS) is 1. The average molecular weight is 221 g/mol. The topological polar surface area (TPSA) is 82.5 Å². The maximum absolute atomic E-state index is 11.2. The number of rotatable bonds is 2. The molecule has 0 aliphatic carbocycles. The Morgan fingerprint density at radius 3 is 3.06 bits per heavy atom. The van der Waals surface area contributed by atoms with Crippen molar-refractivity contribution in [1.29, 1.82) is 0 Å². The molecule has 1 saturated heterocycles. The second-order valence-corrected chi connectivity index (χ2v) is 3.47. The number of carboxylic acids is 1. The van der Waals surface area contributed by atoms with E-state index in [1.54, 1.807) is 4.90 Å². The molecule has 0 aromatic carbocycles. The summed E-state index contributed by atoms with van der Waals surface area (Å²) in [5.74, 6) is -1.12. The Hall–Kier alpha value is -2.11. The fourth-order valence-electron chi connectivity index (χ4n) is 1.66. The van der Waals surface area contributed by atoms with Crippen molar-refractivity contribution in [3.63, 3.8) is 0 Å². The molecule has 1 aromatic rings. The number of amides is 1. The first-order valence-corrected chi connectivity index (χ1v) is 4.87. The van der Waals surface area contributed by atoms with Gasteiger partial charge in [-0.05, 0) is 6.07 Å². The minimum Gasteiger partial charge on any atom is -0.478 e. The SMILES string of the molecule is O=C1CN(c2cnccc2C(=O)O)CCN1. The zero-order chi connectivity index (χ0) is 11.5. The lowest BCUT2D eigenvalue weighted by Crippen LogP contribution is -2.48. The van der Waals surface area contributed by atoms with Crippen molar-refractivity contribution in [1.82, 2.24) is 10.3 Å². The largest absolute Gasteiger partial charge is 0.478 e. The molecule has 6 heteroatoms. The molecule has 6 nitrogen and oxygen atoms in total. The molecule has 0 spiro atoms. The van der Waals surface area contributed by atoms with E-state index in [-0.39, 0.29) is 18.0 Å². The van der Waals surface area contributed by atoms with Crippen LogP contribution in [-0.4, -0.2) is 41.6 Å². The first kappa shape index (κ1) is 10.4. The minimum atomic E-state index is -1.01. The monoisotopic (exact) mass is 221 g/mol. The molecular formula is C10H11N3O3. The van der Waals surface area contributed by atoms with Crippen LogP contribution in [0.2, 0.25) is 0 Å². The van der Waals surface area contributed by atoms with E-state index in [2.05, 4.69) is 10.3 Å². The number of aromatic carboxylic acids is 1. The van der Waals surface area contributed by atoms with E-state index < -0.39 is 5.97 Å². The van der Waals surface area contributed by atoms with Crippen LogP contribution in [-0.2, 0) is 4.79 Å². The van der Waals surface area contributed by atoms with Crippen LogP contribution in [0.25, 0.3) is 0 Å². The molecule has 2 rings (SSSR count). The van der Waals surface area contributed by atoms with E-state index in [4.69, 9.17) is 5.11 Å². The van der Waals surface area contributed by atoms with Gasteiger partial charge in [0, 0.05) is 19.3 Å². The molecule has 16 heavy (non-hydrogen) atoms. The third-order valence-electron chi connectivity index (χ3n) is 2.41. The molecule has 2 heterocycles. The maximum Gasteiger partial charge on any atom is 0.337 e. The van der Waals surface area contributed by atoms with E-state index >= 15 is 0 Å². The van der Waals surface area contributed by atoms with Gasteiger partial charge in [-0.25, -0.2) is 4.79 Å². The van der Waals surface area contributed by atoms with Gasteiger partial charge in [0.15, 0.2) is 0 Å². The number of nitrogens with one attached hydrogen (secondary N) is 1. The van der Waals surface area contributed by atoms with Crippen molar-refractivity contribution in [3.8, 4) is 0 Å². The van der Waals surface area contributed by atoms with Crippen molar-refractivity contribution in [2.75, 3.05) is 24.5 Å². The summed E-state index contributed by atoms with van der Waals surface area (Å²) >= 11 is 0. The van der Waals surface area contributed by atoms with Crippen molar-refractivity contribution in [3.05, 3.63) is 24.0 Å². The van der Waals surface area contributed by atoms with Gasteiger partial charge in [0.05, 0.1) is 24.0 Å². The molecule has 0 radical (unpaired) electrons. The predicted molar refractivity (Wildman–Crippen MR) is 56.4 cm³/mol. The molecule has 1 aromatic heterocycles. The van der Waals surface area contributed by atoms with Crippen molar-refractivity contribution in [2.24, 2.45) is 0 Å². The van der Waals surface area contributed by atoms with E-state index in [1.807, 2.05) is 0 Å². The molecule has 0 unspecified atom stereocenters. The van der Waals surface area contributed by atoms with E-state index in [1.165, 1.54) is 18.5 Å². The highest BCUT2D eigenvalue weighted by atomic mass is 16.4. The molecule has 1 amide bonds. The summed E-state index contributed by atoms with van der Waals surface area (Å²) in [4.78, 5) is 27.8. The predicted octanol–water partition coefficient (Wildman–Crippen LogP) is -0.284. The van der Waals surface area contributed by atoms with Crippen LogP contribution in [0.4, 0.5) is 5.69 Å². The lowest BCUT2D eigenvalue weighted by molar-refractivity contribution is -0.120. The lowest BCUT2D eigenvalue weighted by Gasteiger charge is -2.29. The number of nitrogens with zero attached hydrogens (tertiary/aromatic N) is 2. The summed E-state index contributed by atoms with van der Waals surface area (Å²) in [6.07, 6.45) is 2.90. The average Bonchev–Trinajstić information content (AvgIpc) is 2.29. The Kier molecular flexibility index (Phi) is 2.72. The van der Waals surface area contributed by atoms with Crippen LogP contribution in [0, 0.1) is 0 Å². The lowest BCUT2D eigenvalue weighted by atomic mass is 10.2. The Labute approximate surface area is 91.9 Å². The highest BCUT2D eigenvalue weighted by Crippen LogP contribution is 2.19. The molecule has 84 valence electrons. The molecule has 0 bridgehead atoms. The van der Waals surface area contributed by atoms with Gasteiger partial charge < -0.3 is 15.3 Å². The van der Waals surface area contributed by atoms with E-state index in [9.17, 15) is 9.59 Å². The highest BCUT2D eigenvalue weighted by Gasteiger charge is 2.21. The highest BCUT2D eigenvalue weighted by molar-refractivity contribution is 5.95. The summed E-state index contributed by atoms with van der Waals surface area (Å²) in [5.41, 5.74) is 0.662. The number of hydrogen-bond acceptors (Lipinski definition) is 4. The standard InChI is InChI=1S/C10H11N3O3/c14-9-6-13(4-3-12-9)8-5-11-2-1-7(8)10(15)16/h1-2,5H,3-4,6H2,(H,12,14)(H,15,16). The van der Waals surface area contributed by atoms with Crippen LogP contribution in [0.5, 0.6) is 0 Å². The zero-order valence-electron chi connectivity index (χ0n) is 8.51. The normalized spacial score (nSPS) is 15.8. The second-order valence-electron chi connectivity index (χ2n) is 3.47. The van der Waals surface area contributed by atoms with Crippen LogP contribution < -0.4 is 10.2 Å². The molecule has 1 fully saturated rings. The minimum absolute atomic E-state index is 0.105. The van der Waals surface area contributed by atoms with Gasteiger partial charge >= 0.3 is 5.97 Å². The van der Waals surface area contributed by atoms with Gasteiger partial charge in [-0.3, -0.25) is 9.78 Å². The Morgan fingerprint density at radius 2 is 2.38 bits per heavy atom. The number of carbonyl (C=O) groups excluding carboxylic acids is 1. The summed E-state index contributed by atoms with van der Waals surface area (Å²) in [7, 11) is 0. The second kappa shape index (κ2) is 4.18. The Balaban J connectivity index is 2.32. The van der Waals surface area contributed by atoms with E-state index in [0.717, 1.165) is 0 Å². The number of aromatic nitrogens is 1. The molecule has 0 atom stereocenters. The maximum atomic E-state index is 11.2. The summed E-state index contributed by atoms with van der Waals surface area (Å²) < 4.78 is 0. The van der Waals surface area contributed by atoms with Crippen molar-refractivity contribution < 1.29 is 14.7 Å². The third-order valence-corrected chi connectivity index (χ3v) is 2.41. The van der Waals surface area contributed by atoms with Gasteiger partial charge in [0.2, 0.25) is 5.91 Å². The fourth-order valence-corrected chi connectivity index (χ4v) is 1.66. The van der Waals surface area contributed by atoms with E-state index in [0.29, 0.717) is 18.8 Å². The van der Waals surface area contributed by atoms with Gasteiger partial charge in [-0.1, -0.05) is 0 Å². The number of anilines is 1. The van der Waals surface area contributed by atoms with Gasteiger partial charge in [0.25, 0.3) is 0 Å². The van der Waals surface area contributed by atoms with Gasteiger partial charge in [-0.15, -0.1) is 0 Å². The van der Waals surface area contributed by atoms with Crippen LogP contribution in [0.3, 0.4) is 0 Å². The summed E-state index contributed by atoms with van der Waals surface area (Å²) in [5, 5.41) is 11.7. The number of pyridine rings is 1. The molecule has 1 aliphatic rings. The molecular weight excluding hydrogens is 210 g/mol. The van der Waals surface area contributed by atoms with Crippen LogP contribution in [0.1, 0.15) is 10.4 Å². The molecule has 2 N–H and O–H groups in total. The first-order valence-electron chi connectivity index (χ1n) is 4.87. The number of carbonyl (C=O) groups is 2. The summed E-state index contributed by atoms with van der Waals surface area (Å²) in [6, 6.07) is 1.43. The Morgan fingerprint density at radius 1 is 1.56 bits per heavy atom. The van der Waals surface area contributed by atoms with Crippen LogP contribution >= 0.6 is 0 Å². The Bertz CT molecular complexity index is 433. The molecule has 1 aliphatic heterocycles. The smallest absolute Gasteiger partial charge is 0.337 e. The van der Waals surface area contributed by atoms with Gasteiger partial charge in [0.1, 0.15) is 0 Å². The number of piperazine rings is 1. The van der Waals surface area contributed by atoms with Crippen molar-refractivity contribution in [2.45, 2.75) is 0 Å². The fraction of sp³-hybridized carbons (Fsp3) is 0.300. The number of hydrogen-bond donors (Lipinski definition) is 2. The van der Waals surface area contributed by atoms with Crippen LogP contribution in [0.15, 0.2) is 18.5 Å². The van der Waals surface area contributed by atoms with Crippen molar-refractivity contribution >= 4 is 17.6 Å². The summed E-state index contributed by atoms with van der Waals surface area (Å²) in [6.45, 7) is 1.29. The first-order chi connectivity index (χ1) is 7.68. The zero-order valence-corrected chi connectivity index (χ0v) is 8.51.